The summed E-state index contributed by atoms with van der Waals surface area (Å²) in [6.07, 6.45) is 7.41. The highest BCUT2D eigenvalue weighted by Crippen LogP contribution is 2.25. The number of nitrogens with zero attached hydrogens (tertiary/aromatic N) is 6. The molecule has 8 nitrogen and oxygen atoms in total. The van der Waals surface area contributed by atoms with E-state index in [0.29, 0.717) is 22.2 Å². The molecule has 0 radical (unpaired) electrons. The molecule has 9 heteroatoms. The molecule has 180 valence electrons. The van der Waals surface area contributed by atoms with Crippen LogP contribution in [0.5, 0.6) is 0 Å². The number of fused-ring (bicyclic) bond motifs is 1. The second-order valence-electron chi connectivity index (χ2n) is 8.82. The van der Waals surface area contributed by atoms with Gasteiger partial charge in [0.1, 0.15) is 11.6 Å². The Labute approximate surface area is 203 Å². The first-order valence-corrected chi connectivity index (χ1v) is 11.8. The van der Waals surface area contributed by atoms with E-state index in [2.05, 4.69) is 43.3 Å². The van der Waals surface area contributed by atoms with Crippen LogP contribution >= 0.6 is 0 Å². The zero-order valence-corrected chi connectivity index (χ0v) is 19.9. The number of nitrogens with one attached hydrogen (secondary N) is 1. The van der Waals surface area contributed by atoms with Gasteiger partial charge in [0.2, 0.25) is 0 Å². The maximum Gasteiger partial charge on any atom is 0.254 e. The van der Waals surface area contributed by atoms with E-state index in [4.69, 9.17) is 0 Å². The Morgan fingerprint density at radius 1 is 1.09 bits per heavy atom. The number of piperazine rings is 1. The third kappa shape index (κ3) is 4.72. The predicted molar refractivity (Wildman–Crippen MR) is 133 cm³/mol. The second-order valence-corrected chi connectivity index (χ2v) is 8.82. The summed E-state index contributed by atoms with van der Waals surface area (Å²) in [5, 5.41) is 8.27. The van der Waals surface area contributed by atoms with Crippen LogP contribution in [0.4, 0.5) is 10.2 Å². The van der Waals surface area contributed by atoms with Crippen molar-refractivity contribution in [3.63, 3.8) is 0 Å². The van der Waals surface area contributed by atoms with Gasteiger partial charge in [-0.15, -0.1) is 0 Å². The lowest BCUT2D eigenvalue weighted by Gasteiger charge is -2.33. The Balaban J connectivity index is 1.38. The topological polar surface area (TPSA) is 79.2 Å². The van der Waals surface area contributed by atoms with Crippen molar-refractivity contribution in [1.29, 1.82) is 0 Å². The maximum atomic E-state index is 13.3. The summed E-state index contributed by atoms with van der Waals surface area (Å²) in [5.74, 6) is 0.403. The number of hydrogen-bond acceptors (Lipinski definition) is 6. The first-order valence-electron chi connectivity index (χ1n) is 11.8. The minimum Gasteiger partial charge on any atom is -0.354 e. The van der Waals surface area contributed by atoms with Gasteiger partial charge in [-0.3, -0.25) is 9.78 Å². The molecule has 35 heavy (non-hydrogen) atoms. The molecule has 1 aliphatic rings. The van der Waals surface area contributed by atoms with Crippen molar-refractivity contribution in [1.82, 2.24) is 30.0 Å². The highest BCUT2D eigenvalue weighted by Gasteiger charge is 2.21. The molecule has 4 aromatic rings. The number of carbonyl (C=O) groups is 1. The van der Waals surface area contributed by atoms with Gasteiger partial charge in [0.05, 0.1) is 35.2 Å². The molecule has 0 saturated carbocycles. The summed E-state index contributed by atoms with van der Waals surface area (Å²) >= 11 is 0. The number of carbonyl (C=O) groups excluding carboxylic acids is 1. The van der Waals surface area contributed by atoms with Crippen LogP contribution in [-0.4, -0.2) is 63.8 Å². The fraction of sp³-hybridized carbons (Fsp3) is 0.308. The van der Waals surface area contributed by atoms with Crippen molar-refractivity contribution in [2.24, 2.45) is 0 Å². The molecule has 4 heterocycles. The lowest BCUT2D eigenvalue weighted by Crippen LogP contribution is -2.44. The second kappa shape index (κ2) is 9.79. The van der Waals surface area contributed by atoms with Crippen LogP contribution in [0.25, 0.3) is 16.6 Å². The number of benzene rings is 1. The summed E-state index contributed by atoms with van der Waals surface area (Å²) < 4.78 is 15.0. The minimum atomic E-state index is -0.319. The molecule has 1 fully saturated rings. The average molecular weight is 474 g/mol. The normalized spacial score (nSPS) is 15.3. The van der Waals surface area contributed by atoms with Gasteiger partial charge >= 0.3 is 0 Å². The van der Waals surface area contributed by atoms with E-state index in [1.165, 1.54) is 12.1 Å². The minimum absolute atomic E-state index is 0.167. The molecular formula is C26H28FN7O. The van der Waals surface area contributed by atoms with Gasteiger partial charge in [0.25, 0.3) is 5.91 Å². The number of hydrogen-bond donors (Lipinski definition) is 1. The van der Waals surface area contributed by atoms with Crippen LogP contribution in [0.2, 0.25) is 0 Å². The molecule has 0 spiro atoms. The zero-order valence-electron chi connectivity index (χ0n) is 19.9. The Hall–Kier alpha value is -3.85. The summed E-state index contributed by atoms with van der Waals surface area (Å²) in [6.45, 7) is 5.92. The number of halogens is 1. The van der Waals surface area contributed by atoms with Crippen LogP contribution in [0, 0.1) is 5.82 Å². The van der Waals surface area contributed by atoms with Gasteiger partial charge in [-0.05, 0) is 55.4 Å². The van der Waals surface area contributed by atoms with E-state index in [1.54, 1.807) is 35.4 Å². The monoisotopic (exact) mass is 473 g/mol. The van der Waals surface area contributed by atoms with E-state index < -0.39 is 0 Å². The lowest BCUT2D eigenvalue weighted by molar-refractivity contribution is 0.0937. The third-order valence-corrected chi connectivity index (χ3v) is 6.53. The Morgan fingerprint density at radius 3 is 2.60 bits per heavy atom. The summed E-state index contributed by atoms with van der Waals surface area (Å²) in [5.41, 5.74) is 2.84. The van der Waals surface area contributed by atoms with Gasteiger partial charge in [-0.2, -0.15) is 5.10 Å². The molecule has 0 aliphatic carbocycles. The molecule has 1 aliphatic heterocycles. The summed E-state index contributed by atoms with van der Waals surface area (Å²) in [6, 6.07) is 9.91. The molecule has 3 aromatic heterocycles. The number of anilines is 1. The SMILES string of the molecule is CC[C@H](NC(=O)c1cncc2c1cnn2-c1ccc(F)cc1)c1ccnc(N2CCN(C)CC2)c1. The number of rotatable bonds is 6. The van der Waals surface area contributed by atoms with Crippen molar-refractivity contribution in [3.8, 4) is 5.69 Å². The van der Waals surface area contributed by atoms with Crippen molar-refractivity contribution in [3.05, 3.63) is 78.1 Å². The highest BCUT2D eigenvalue weighted by molar-refractivity contribution is 6.06. The van der Waals surface area contributed by atoms with Crippen LogP contribution in [0.1, 0.15) is 35.3 Å². The van der Waals surface area contributed by atoms with E-state index in [9.17, 15) is 9.18 Å². The first kappa shape index (κ1) is 22.9. The van der Waals surface area contributed by atoms with Crippen molar-refractivity contribution in [2.75, 3.05) is 38.1 Å². The van der Waals surface area contributed by atoms with Crippen LogP contribution in [0.15, 0.2) is 61.2 Å². The van der Waals surface area contributed by atoms with Crippen molar-refractivity contribution in [2.45, 2.75) is 19.4 Å². The van der Waals surface area contributed by atoms with Crippen LogP contribution in [0.3, 0.4) is 0 Å². The number of amides is 1. The van der Waals surface area contributed by atoms with E-state index in [-0.39, 0.29) is 17.8 Å². The average Bonchev–Trinajstić information content (AvgIpc) is 3.32. The van der Waals surface area contributed by atoms with Crippen molar-refractivity contribution >= 4 is 22.6 Å². The molecule has 1 amide bonds. The number of aromatic nitrogens is 4. The number of pyridine rings is 2. The van der Waals surface area contributed by atoms with E-state index in [0.717, 1.165) is 44.0 Å². The molecule has 0 unspecified atom stereocenters. The smallest absolute Gasteiger partial charge is 0.254 e. The molecule has 0 bridgehead atoms. The zero-order chi connectivity index (χ0) is 24.4. The largest absolute Gasteiger partial charge is 0.354 e. The quantitative estimate of drug-likeness (QED) is 0.461. The predicted octanol–water partition coefficient (Wildman–Crippen LogP) is 3.59. The van der Waals surface area contributed by atoms with Gasteiger partial charge in [0, 0.05) is 44.0 Å². The summed E-state index contributed by atoms with van der Waals surface area (Å²) in [7, 11) is 2.13. The third-order valence-electron chi connectivity index (χ3n) is 6.53. The summed E-state index contributed by atoms with van der Waals surface area (Å²) in [4.78, 5) is 26.8. The molecule has 1 saturated heterocycles. The molecule has 5 rings (SSSR count). The van der Waals surface area contributed by atoms with Gasteiger partial charge in [0.15, 0.2) is 0 Å². The highest BCUT2D eigenvalue weighted by atomic mass is 19.1. The van der Waals surface area contributed by atoms with Crippen LogP contribution < -0.4 is 10.2 Å². The van der Waals surface area contributed by atoms with E-state index in [1.807, 2.05) is 19.2 Å². The Bertz CT molecular complexity index is 1330. The molecule has 1 atom stereocenters. The first-order chi connectivity index (χ1) is 17.0. The maximum absolute atomic E-state index is 13.3. The standard InChI is InChI=1S/C26H28FN7O/c1-3-23(18-8-9-29-25(14-18)33-12-10-32(2)11-13-33)31-26(35)22-15-28-17-24-21(22)16-30-34(24)20-6-4-19(27)5-7-20/h4-9,14-17,23H,3,10-13H2,1-2H3,(H,31,35)/t23-/m0/s1. The fourth-order valence-electron chi connectivity index (χ4n) is 4.43. The fourth-order valence-corrected chi connectivity index (χ4v) is 4.43. The van der Waals surface area contributed by atoms with Crippen LogP contribution in [-0.2, 0) is 0 Å². The lowest BCUT2D eigenvalue weighted by atomic mass is 10.0. The number of likely N-dealkylation sites (N-methyl/N-ethyl adjacent to an activating group) is 1. The van der Waals surface area contributed by atoms with E-state index >= 15 is 0 Å². The Morgan fingerprint density at radius 2 is 1.86 bits per heavy atom. The van der Waals surface area contributed by atoms with Gasteiger partial charge in [-0.1, -0.05) is 6.92 Å². The molecular weight excluding hydrogens is 445 g/mol. The van der Waals surface area contributed by atoms with Gasteiger partial charge < -0.3 is 15.1 Å². The molecule has 1 aromatic carbocycles. The van der Waals surface area contributed by atoms with Gasteiger partial charge in [-0.25, -0.2) is 14.1 Å². The molecule has 1 N–H and O–H groups in total. The Kier molecular flexibility index (Phi) is 6.41. The van der Waals surface area contributed by atoms with Crippen molar-refractivity contribution < 1.29 is 9.18 Å².